The Labute approximate surface area is 120 Å². The average Bonchev–Trinajstić information content (AvgIpc) is 2.46. The zero-order chi connectivity index (χ0) is 13.9. The highest BCUT2D eigenvalue weighted by atomic mass is 35.5. The molecule has 0 heterocycles. The number of rotatable bonds is 4. The molecule has 2 N–H and O–H groups in total. The molecule has 0 aromatic heterocycles. The molecule has 1 aromatic carbocycles. The SMILES string of the molecule is COc1cc(Cl)cc(C2(CN)CCCCC2)c1OC. The Bertz CT molecular complexity index is 442. The van der Waals surface area contributed by atoms with E-state index in [1.54, 1.807) is 20.3 Å². The summed E-state index contributed by atoms with van der Waals surface area (Å²) < 4.78 is 11.0. The molecule has 0 aliphatic heterocycles. The molecule has 106 valence electrons. The molecule has 0 bridgehead atoms. The van der Waals surface area contributed by atoms with Crippen LogP contribution in [0.5, 0.6) is 11.5 Å². The predicted molar refractivity (Wildman–Crippen MR) is 78.4 cm³/mol. The molecule has 1 aliphatic rings. The lowest BCUT2D eigenvalue weighted by molar-refractivity contribution is 0.281. The second-order valence-electron chi connectivity index (χ2n) is 5.23. The zero-order valence-corrected chi connectivity index (χ0v) is 12.4. The molecule has 0 spiro atoms. The summed E-state index contributed by atoms with van der Waals surface area (Å²) in [5.41, 5.74) is 7.17. The Hall–Kier alpha value is -0.930. The maximum Gasteiger partial charge on any atom is 0.164 e. The van der Waals surface area contributed by atoms with Crippen LogP contribution in [0.4, 0.5) is 0 Å². The predicted octanol–water partition coefficient (Wildman–Crippen LogP) is 3.52. The lowest BCUT2D eigenvalue weighted by Crippen LogP contribution is -2.37. The quantitative estimate of drug-likeness (QED) is 0.919. The molecule has 0 amide bonds. The summed E-state index contributed by atoms with van der Waals surface area (Å²) in [6.45, 7) is 0.618. The minimum Gasteiger partial charge on any atom is -0.493 e. The Kier molecular flexibility index (Phi) is 4.58. The Morgan fingerprint density at radius 3 is 2.37 bits per heavy atom. The van der Waals surface area contributed by atoms with Gasteiger partial charge in [-0.3, -0.25) is 0 Å². The van der Waals surface area contributed by atoms with Crippen molar-refractivity contribution in [2.75, 3.05) is 20.8 Å². The van der Waals surface area contributed by atoms with E-state index in [1.165, 1.54) is 19.3 Å². The van der Waals surface area contributed by atoms with Crippen LogP contribution in [-0.2, 0) is 5.41 Å². The van der Waals surface area contributed by atoms with Crippen LogP contribution in [0, 0.1) is 0 Å². The van der Waals surface area contributed by atoms with Gasteiger partial charge in [0.1, 0.15) is 0 Å². The largest absolute Gasteiger partial charge is 0.493 e. The third-order valence-corrected chi connectivity index (χ3v) is 4.43. The summed E-state index contributed by atoms with van der Waals surface area (Å²) in [4.78, 5) is 0. The number of hydrogen-bond donors (Lipinski definition) is 1. The standard InChI is InChI=1S/C15H22ClNO2/c1-18-13-9-11(16)8-12(14(13)19-2)15(10-17)6-4-3-5-7-15/h8-9H,3-7,10,17H2,1-2H3. The average molecular weight is 284 g/mol. The molecule has 0 radical (unpaired) electrons. The van der Waals surface area contributed by atoms with E-state index >= 15 is 0 Å². The maximum atomic E-state index is 6.22. The smallest absolute Gasteiger partial charge is 0.164 e. The third-order valence-electron chi connectivity index (χ3n) is 4.22. The Balaban J connectivity index is 2.55. The number of halogens is 1. The summed E-state index contributed by atoms with van der Waals surface area (Å²) in [7, 11) is 3.30. The molecule has 0 atom stereocenters. The van der Waals surface area contributed by atoms with Gasteiger partial charge < -0.3 is 15.2 Å². The molecule has 1 aromatic rings. The van der Waals surface area contributed by atoms with Crippen molar-refractivity contribution in [1.29, 1.82) is 0 Å². The van der Waals surface area contributed by atoms with Crippen LogP contribution in [0.15, 0.2) is 12.1 Å². The number of methoxy groups -OCH3 is 2. The van der Waals surface area contributed by atoms with Gasteiger partial charge in [-0.2, -0.15) is 0 Å². The minimum atomic E-state index is -0.0260. The molecular weight excluding hydrogens is 262 g/mol. The van der Waals surface area contributed by atoms with Crippen LogP contribution >= 0.6 is 11.6 Å². The van der Waals surface area contributed by atoms with Crippen molar-refractivity contribution in [2.24, 2.45) is 5.73 Å². The number of nitrogens with two attached hydrogens (primary N) is 1. The van der Waals surface area contributed by atoms with Crippen molar-refractivity contribution in [1.82, 2.24) is 0 Å². The van der Waals surface area contributed by atoms with Gasteiger partial charge in [-0.1, -0.05) is 30.9 Å². The van der Waals surface area contributed by atoms with Crippen molar-refractivity contribution in [2.45, 2.75) is 37.5 Å². The van der Waals surface area contributed by atoms with Crippen LogP contribution in [0.2, 0.25) is 5.02 Å². The van der Waals surface area contributed by atoms with E-state index in [4.69, 9.17) is 26.8 Å². The molecule has 2 rings (SSSR count). The highest BCUT2D eigenvalue weighted by Gasteiger charge is 2.36. The summed E-state index contributed by atoms with van der Waals surface area (Å²) in [5.74, 6) is 1.46. The van der Waals surface area contributed by atoms with E-state index in [0.29, 0.717) is 17.3 Å². The van der Waals surface area contributed by atoms with E-state index in [9.17, 15) is 0 Å². The van der Waals surface area contributed by atoms with Crippen molar-refractivity contribution in [3.05, 3.63) is 22.7 Å². The first kappa shape index (κ1) is 14.5. The van der Waals surface area contributed by atoms with Crippen molar-refractivity contribution in [3.63, 3.8) is 0 Å². The normalized spacial score (nSPS) is 18.1. The molecule has 4 heteroatoms. The molecular formula is C15H22ClNO2. The fourth-order valence-corrected chi connectivity index (χ4v) is 3.34. The lowest BCUT2D eigenvalue weighted by atomic mass is 9.69. The lowest BCUT2D eigenvalue weighted by Gasteiger charge is -2.38. The van der Waals surface area contributed by atoms with Gasteiger partial charge in [-0.15, -0.1) is 0 Å². The highest BCUT2D eigenvalue weighted by molar-refractivity contribution is 6.30. The van der Waals surface area contributed by atoms with Crippen LogP contribution in [-0.4, -0.2) is 20.8 Å². The highest BCUT2D eigenvalue weighted by Crippen LogP contribution is 2.47. The Morgan fingerprint density at radius 1 is 1.16 bits per heavy atom. The van der Waals surface area contributed by atoms with Crippen LogP contribution in [0.1, 0.15) is 37.7 Å². The van der Waals surface area contributed by atoms with Crippen LogP contribution in [0.3, 0.4) is 0 Å². The third kappa shape index (κ3) is 2.67. The number of hydrogen-bond acceptors (Lipinski definition) is 3. The van der Waals surface area contributed by atoms with Gasteiger partial charge in [0.25, 0.3) is 0 Å². The van der Waals surface area contributed by atoms with Gasteiger partial charge in [-0.05, 0) is 18.9 Å². The van der Waals surface area contributed by atoms with Crippen LogP contribution < -0.4 is 15.2 Å². The minimum absolute atomic E-state index is 0.0260. The van der Waals surface area contributed by atoms with Gasteiger partial charge in [0.15, 0.2) is 11.5 Å². The summed E-state index contributed by atoms with van der Waals surface area (Å²) >= 11 is 6.22. The molecule has 1 saturated carbocycles. The summed E-state index contributed by atoms with van der Waals surface area (Å²) in [6, 6.07) is 3.78. The molecule has 1 fully saturated rings. The van der Waals surface area contributed by atoms with Crippen LogP contribution in [0.25, 0.3) is 0 Å². The molecule has 0 unspecified atom stereocenters. The Morgan fingerprint density at radius 2 is 1.84 bits per heavy atom. The van der Waals surface area contributed by atoms with Gasteiger partial charge in [0.2, 0.25) is 0 Å². The van der Waals surface area contributed by atoms with Gasteiger partial charge in [0, 0.05) is 28.6 Å². The first-order valence-corrected chi connectivity index (χ1v) is 7.17. The second-order valence-corrected chi connectivity index (χ2v) is 5.67. The molecule has 19 heavy (non-hydrogen) atoms. The summed E-state index contributed by atoms with van der Waals surface area (Å²) in [6.07, 6.45) is 5.86. The fraction of sp³-hybridized carbons (Fsp3) is 0.600. The number of benzene rings is 1. The van der Waals surface area contributed by atoms with E-state index in [2.05, 4.69) is 0 Å². The number of ether oxygens (including phenoxy) is 2. The fourth-order valence-electron chi connectivity index (χ4n) is 3.14. The zero-order valence-electron chi connectivity index (χ0n) is 11.7. The molecule has 1 aliphatic carbocycles. The summed E-state index contributed by atoms with van der Waals surface area (Å²) in [5, 5.41) is 0.672. The monoisotopic (exact) mass is 283 g/mol. The van der Waals surface area contributed by atoms with E-state index in [1.807, 2.05) is 6.07 Å². The van der Waals surface area contributed by atoms with E-state index in [0.717, 1.165) is 24.2 Å². The topological polar surface area (TPSA) is 44.5 Å². The first-order valence-electron chi connectivity index (χ1n) is 6.79. The second kappa shape index (κ2) is 6.02. The van der Waals surface area contributed by atoms with Crippen molar-refractivity contribution < 1.29 is 9.47 Å². The van der Waals surface area contributed by atoms with Gasteiger partial charge in [0.05, 0.1) is 14.2 Å². The molecule has 3 nitrogen and oxygen atoms in total. The first-order chi connectivity index (χ1) is 9.16. The molecule has 0 saturated heterocycles. The van der Waals surface area contributed by atoms with Gasteiger partial charge >= 0.3 is 0 Å². The van der Waals surface area contributed by atoms with E-state index < -0.39 is 0 Å². The van der Waals surface area contributed by atoms with Crippen molar-refractivity contribution in [3.8, 4) is 11.5 Å². The van der Waals surface area contributed by atoms with Crippen molar-refractivity contribution >= 4 is 11.6 Å². The maximum absolute atomic E-state index is 6.22. The van der Waals surface area contributed by atoms with Gasteiger partial charge in [-0.25, -0.2) is 0 Å². The van der Waals surface area contributed by atoms with E-state index in [-0.39, 0.29) is 5.41 Å².